The van der Waals surface area contributed by atoms with Gasteiger partial charge in [0.1, 0.15) is 12.4 Å². The van der Waals surface area contributed by atoms with Crippen LogP contribution in [0.3, 0.4) is 0 Å². The summed E-state index contributed by atoms with van der Waals surface area (Å²) in [6.45, 7) is 9.29. The Kier molecular flexibility index (Phi) is 12.9. The molecule has 1 heterocycles. The highest BCUT2D eigenvalue weighted by atomic mass is 15.1. The molecule has 140 valence electrons. The Morgan fingerprint density at radius 3 is 1.96 bits per heavy atom. The fraction of sp³-hybridized carbons (Fsp3) is 0.864. The van der Waals surface area contributed by atoms with E-state index >= 15 is 0 Å². The van der Waals surface area contributed by atoms with Crippen LogP contribution in [0.4, 0.5) is 0 Å². The molecular weight excluding hydrogens is 292 g/mol. The summed E-state index contributed by atoms with van der Waals surface area (Å²) in [5.74, 6) is 1.58. The summed E-state index contributed by atoms with van der Waals surface area (Å²) in [7, 11) is 0. The number of nitrogens with zero attached hydrogens (tertiary/aromatic N) is 2. The number of imidazole rings is 1. The third-order valence-corrected chi connectivity index (χ3v) is 5.10. The highest BCUT2D eigenvalue weighted by molar-refractivity contribution is 4.84. The molecule has 0 radical (unpaired) electrons. The zero-order valence-corrected chi connectivity index (χ0v) is 16.9. The molecule has 0 aliphatic heterocycles. The van der Waals surface area contributed by atoms with Gasteiger partial charge in [-0.2, -0.15) is 0 Å². The van der Waals surface area contributed by atoms with Crippen LogP contribution in [0.25, 0.3) is 0 Å². The molecule has 24 heavy (non-hydrogen) atoms. The van der Waals surface area contributed by atoms with E-state index in [4.69, 9.17) is 0 Å². The largest absolute Gasteiger partial charge is 0.256 e. The third kappa shape index (κ3) is 8.89. The topological polar surface area (TPSA) is 8.81 Å². The summed E-state index contributed by atoms with van der Waals surface area (Å²) in [6.07, 6.45) is 23.7. The molecule has 2 nitrogen and oxygen atoms in total. The second-order valence-corrected chi connectivity index (χ2v) is 7.39. The van der Waals surface area contributed by atoms with Crippen molar-refractivity contribution in [1.82, 2.24) is 4.57 Å². The van der Waals surface area contributed by atoms with Gasteiger partial charge in [0.2, 0.25) is 0 Å². The van der Waals surface area contributed by atoms with Crippen molar-refractivity contribution in [2.24, 2.45) is 0 Å². The van der Waals surface area contributed by atoms with E-state index in [1.165, 1.54) is 103 Å². The SMILES string of the molecule is CCCCCCCCCc1n(CCCC)cc[n+]1CCCCCC. The third-order valence-electron chi connectivity index (χ3n) is 5.10. The van der Waals surface area contributed by atoms with Gasteiger partial charge in [-0.25, -0.2) is 9.13 Å². The van der Waals surface area contributed by atoms with E-state index in [2.05, 4.69) is 42.3 Å². The van der Waals surface area contributed by atoms with Gasteiger partial charge >= 0.3 is 0 Å². The van der Waals surface area contributed by atoms with Crippen LogP contribution in [0.15, 0.2) is 12.4 Å². The normalized spacial score (nSPS) is 11.3. The highest BCUT2D eigenvalue weighted by Gasteiger charge is 2.16. The molecular formula is C22H43N2+. The molecule has 2 heteroatoms. The summed E-state index contributed by atoms with van der Waals surface area (Å²) in [5.41, 5.74) is 0. The lowest BCUT2D eigenvalue weighted by Gasteiger charge is -2.06. The predicted octanol–water partition coefficient (Wildman–Crippen LogP) is 6.45. The van der Waals surface area contributed by atoms with E-state index in [0.717, 1.165) is 0 Å². The van der Waals surface area contributed by atoms with Crippen LogP contribution in [-0.4, -0.2) is 4.57 Å². The molecule has 0 amide bonds. The fourth-order valence-electron chi connectivity index (χ4n) is 3.47. The lowest BCUT2D eigenvalue weighted by Crippen LogP contribution is -2.37. The first kappa shape index (κ1) is 21.3. The van der Waals surface area contributed by atoms with Crippen molar-refractivity contribution in [2.75, 3.05) is 0 Å². The summed E-state index contributed by atoms with van der Waals surface area (Å²) >= 11 is 0. The first-order valence-electron chi connectivity index (χ1n) is 10.9. The first-order chi connectivity index (χ1) is 11.8. The predicted molar refractivity (Wildman–Crippen MR) is 105 cm³/mol. The monoisotopic (exact) mass is 335 g/mol. The molecule has 0 spiro atoms. The molecule has 1 rings (SSSR count). The van der Waals surface area contributed by atoms with Crippen LogP contribution in [0.2, 0.25) is 0 Å². The Morgan fingerprint density at radius 1 is 0.708 bits per heavy atom. The molecule has 1 aromatic rings. The quantitative estimate of drug-likeness (QED) is 0.242. The Morgan fingerprint density at radius 2 is 1.29 bits per heavy atom. The van der Waals surface area contributed by atoms with E-state index in [-0.39, 0.29) is 0 Å². The number of aromatic nitrogens is 2. The molecule has 1 aromatic heterocycles. The van der Waals surface area contributed by atoms with Crippen LogP contribution < -0.4 is 4.57 Å². The molecule has 0 aliphatic carbocycles. The summed E-state index contributed by atoms with van der Waals surface area (Å²) in [5, 5.41) is 0. The van der Waals surface area contributed by atoms with Gasteiger partial charge in [-0.15, -0.1) is 0 Å². The van der Waals surface area contributed by atoms with Crippen LogP contribution in [0, 0.1) is 0 Å². The molecule has 0 saturated heterocycles. The van der Waals surface area contributed by atoms with E-state index in [1.54, 1.807) is 5.82 Å². The zero-order valence-electron chi connectivity index (χ0n) is 16.9. The van der Waals surface area contributed by atoms with E-state index in [9.17, 15) is 0 Å². The number of aryl methyl sites for hydroxylation is 2. The maximum atomic E-state index is 2.54. The van der Waals surface area contributed by atoms with Gasteiger partial charge < -0.3 is 0 Å². The van der Waals surface area contributed by atoms with Gasteiger partial charge in [0.25, 0.3) is 5.82 Å². The molecule has 0 bridgehead atoms. The minimum atomic E-state index is 1.20. The maximum Gasteiger partial charge on any atom is 0.256 e. The number of rotatable bonds is 16. The highest BCUT2D eigenvalue weighted by Crippen LogP contribution is 2.11. The average Bonchev–Trinajstić information content (AvgIpc) is 2.98. The van der Waals surface area contributed by atoms with Crippen LogP contribution in [-0.2, 0) is 19.5 Å². The number of hydrogen-bond acceptors (Lipinski definition) is 0. The number of hydrogen-bond donors (Lipinski definition) is 0. The Hall–Kier alpha value is -0.790. The fourth-order valence-corrected chi connectivity index (χ4v) is 3.47. The summed E-state index contributed by atoms with van der Waals surface area (Å²) < 4.78 is 5.07. The summed E-state index contributed by atoms with van der Waals surface area (Å²) in [6, 6.07) is 0. The first-order valence-corrected chi connectivity index (χ1v) is 10.9. The van der Waals surface area contributed by atoms with E-state index in [0.29, 0.717) is 0 Å². The van der Waals surface area contributed by atoms with E-state index in [1.807, 2.05) is 0 Å². The van der Waals surface area contributed by atoms with Crippen molar-refractivity contribution in [3.05, 3.63) is 18.2 Å². The van der Waals surface area contributed by atoms with Crippen molar-refractivity contribution >= 4 is 0 Å². The van der Waals surface area contributed by atoms with Crippen molar-refractivity contribution in [3.63, 3.8) is 0 Å². The second-order valence-electron chi connectivity index (χ2n) is 7.39. The molecule has 0 N–H and O–H groups in total. The van der Waals surface area contributed by atoms with Crippen molar-refractivity contribution in [2.45, 2.75) is 124 Å². The minimum absolute atomic E-state index is 1.20. The van der Waals surface area contributed by atoms with Crippen LogP contribution in [0.5, 0.6) is 0 Å². The molecule has 0 unspecified atom stereocenters. The van der Waals surface area contributed by atoms with Crippen molar-refractivity contribution < 1.29 is 4.57 Å². The van der Waals surface area contributed by atoms with Crippen LogP contribution in [0.1, 0.15) is 110 Å². The average molecular weight is 336 g/mol. The Bertz CT molecular complexity index is 395. The minimum Gasteiger partial charge on any atom is -0.234 e. The van der Waals surface area contributed by atoms with Gasteiger partial charge in [0.05, 0.1) is 13.1 Å². The van der Waals surface area contributed by atoms with Gasteiger partial charge in [0, 0.05) is 6.42 Å². The number of unbranched alkanes of at least 4 members (excludes halogenated alkanes) is 10. The van der Waals surface area contributed by atoms with Gasteiger partial charge in [0.15, 0.2) is 0 Å². The van der Waals surface area contributed by atoms with Crippen LogP contribution >= 0.6 is 0 Å². The molecule has 0 aliphatic rings. The lowest BCUT2D eigenvalue weighted by atomic mass is 10.1. The molecule has 0 saturated carbocycles. The second kappa shape index (κ2) is 14.5. The van der Waals surface area contributed by atoms with Gasteiger partial charge in [-0.05, 0) is 25.7 Å². The van der Waals surface area contributed by atoms with Gasteiger partial charge in [-0.3, -0.25) is 0 Å². The van der Waals surface area contributed by atoms with Gasteiger partial charge in [-0.1, -0.05) is 78.6 Å². The Labute approximate surface area is 151 Å². The lowest BCUT2D eigenvalue weighted by molar-refractivity contribution is -0.704. The molecule has 0 fully saturated rings. The standard InChI is InChI=1S/C22H43N2/c1-4-7-10-12-13-14-15-17-22-23(18-9-6-3)20-21-24(22)19-16-11-8-5-2/h20-21H,4-19H2,1-3H3/q+1. The Balaban J connectivity index is 2.42. The molecule has 0 aromatic carbocycles. The molecule has 0 atom stereocenters. The van der Waals surface area contributed by atoms with Crippen molar-refractivity contribution in [1.29, 1.82) is 0 Å². The zero-order chi connectivity index (χ0) is 17.5. The maximum absolute atomic E-state index is 2.54. The smallest absolute Gasteiger partial charge is 0.234 e. The van der Waals surface area contributed by atoms with E-state index < -0.39 is 0 Å². The van der Waals surface area contributed by atoms with Crippen molar-refractivity contribution in [3.8, 4) is 0 Å². The summed E-state index contributed by atoms with van der Waals surface area (Å²) in [4.78, 5) is 0.